The highest BCUT2D eigenvalue weighted by atomic mass is 32.2. The molecule has 0 aliphatic carbocycles. The van der Waals surface area contributed by atoms with Crippen molar-refractivity contribution in [2.75, 3.05) is 13.1 Å². The summed E-state index contributed by atoms with van der Waals surface area (Å²) >= 11 is 0. The Hall–Kier alpha value is -2.25. The van der Waals surface area contributed by atoms with Crippen LogP contribution in [0.5, 0.6) is 0 Å². The van der Waals surface area contributed by atoms with Crippen LogP contribution in [-0.4, -0.2) is 31.7 Å². The molecule has 2 aromatic carbocycles. The number of halogens is 1. The number of sulfonamides is 1. The molecule has 5 nitrogen and oxygen atoms in total. The normalized spacial score (nSPS) is 18.7. The topological polar surface area (TPSA) is 66.5 Å². The molecule has 0 saturated carbocycles. The molecule has 2 atom stereocenters. The van der Waals surface area contributed by atoms with Crippen LogP contribution in [0.15, 0.2) is 47.4 Å². The lowest BCUT2D eigenvalue weighted by atomic mass is 9.95. The number of carbonyl (C=O) groups excluding carboxylic acids is 1. The summed E-state index contributed by atoms with van der Waals surface area (Å²) in [6.45, 7) is 6.59. The van der Waals surface area contributed by atoms with Crippen LogP contribution in [0.3, 0.4) is 0 Å². The van der Waals surface area contributed by atoms with Crippen LogP contribution in [0, 0.1) is 25.6 Å². The van der Waals surface area contributed by atoms with Crippen molar-refractivity contribution in [1.29, 1.82) is 0 Å². The highest BCUT2D eigenvalue weighted by molar-refractivity contribution is 7.89. The molecule has 7 heteroatoms. The van der Waals surface area contributed by atoms with Crippen LogP contribution >= 0.6 is 0 Å². The first-order chi connectivity index (χ1) is 14.2. The van der Waals surface area contributed by atoms with Crippen molar-refractivity contribution in [3.05, 3.63) is 65.0 Å². The fourth-order valence-corrected chi connectivity index (χ4v) is 5.56. The predicted octanol–water partition coefficient (Wildman–Crippen LogP) is 4.11. The summed E-state index contributed by atoms with van der Waals surface area (Å²) in [4.78, 5) is 13.0. The third-order valence-electron chi connectivity index (χ3n) is 5.73. The minimum absolute atomic E-state index is 0.0478. The summed E-state index contributed by atoms with van der Waals surface area (Å²) in [5.41, 5.74) is 3.39. The molecule has 1 aliphatic heterocycles. The second-order valence-corrected chi connectivity index (χ2v) is 9.92. The van der Waals surface area contributed by atoms with E-state index < -0.39 is 21.8 Å². The highest BCUT2D eigenvalue weighted by Crippen LogP contribution is 2.26. The van der Waals surface area contributed by atoms with Crippen molar-refractivity contribution in [1.82, 2.24) is 9.62 Å². The molecule has 162 valence electrons. The summed E-state index contributed by atoms with van der Waals surface area (Å²) < 4.78 is 40.3. The number of nitrogens with one attached hydrogen (secondary N) is 1. The van der Waals surface area contributed by atoms with E-state index in [1.807, 2.05) is 32.9 Å². The van der Waals surface area contributed by atoms with Crippen LogP contribution in [0.4, 0.5) is 4.39 Å². The quantitative estimate of drug-likeness (QED) is 0.747. The summed E-state index contributed by atoms with van der Waals surface area (Å²) in [7, 11) is -3.76. The average molecular weight is 433 g/mol. The Kier molecular flexibility index (Phi) is 6.93. The lowest BCUT2D eigenvalue weighted by molar-refractivity contribution is -0.126. The summed E-state index contributed by atoms with van der Waals surface area (Å²) in [5.74, 6) is -1.02. The molecule has 2 aromatic rings. The Morgan fingerprint density at radius 1 is 1.20 bits per heavy atom. The molecule has 1 fully saturated rings. The van der Waals surface area contributed by atoms with Gasteiger partial charge in [-0.3, -0.25) is 4.79 Å². The minimum atomic E-state index is -3.76. The average Bonchev–Trinajstić information content (AvgIpc) is 2.72. The molecular formula is C23H29FN2O3S. The Balaban J connectivity index is 1.72. The molecular weight excluding hydrogens is 403 g/mol. The van der Waals surface area contributed by atoms with Crippen molar-refractivity contribution in [3.8, 4) is 0 Å². The molecule has 1 heterocycles. The zero-order chi connectivity index (χ0) is 21.9. The molecule has 0 bridgehead atoms. The smallest absolute Gasteiger partial charge is 0.243 e. The maximum Gasteiger partial charge on any atom is 0.243 e. The lowest BCUT2D eigenvalue weighted by Gasteiger charge is -2.32. The van der Waals surface area contributed by atoms with Crippen LogP contribution in [0.1, 0.15) is 48.9 Å². The Bertz CT molecular complexity index is 1010. The van der Waals surface area contributed by atoms with E-state index in [1.165, 1.54) is 22.0 Å². The molecule has 0 unspecified atom stereocenters. The first kappa shape index (κ1) is 22.4. The molecule has 0 aromatic heterocycles. The van der Waals surface area contributed by atoms with Crippen molar-refractivity contribution in [3.63, 3.8) is 0 Å². The highest BCUT2D eigenvalue weighted by Gasteiger charge is 2.34. The van der Waals surface area contributed by atoms with Gasteiger partial charge in [0.1, 0.15) is 5.82 Å². The van der Waals surface area contributed by atoms with E-state index in [2.05, 4.69) is 11.4 Å². The van der Waals surface area contributed by atoms with E-state index in [4.69, 9.17) is 0 Å². The van der Waals surface area contributed by atoms with Gasteiger partial charge in [-0.2, -0.15) is 4.31 Å². The zero-order valence-corrected chi connectivity index (χ0v) is 18.5. The van der Waals surface area contributed by atoms with Crippen LogP contribution < -0.4 is 5.32 Å². The lowest BCUT2D eigenvalue weighted by Crippen LogP contribution is -2.46. The van der Waals surface area contributed by atoms with Gasteiger partial charge in [-0.1, -0.05) is 30.7 Å². The molecule has 1 N–H and O–H groups in total. The molecule has 1 aliphatic rings. The van der Waals surface area contributed by atoms with Crippen molar-refractivity contribution in [2.45, 2.75) is 51.0 Å². The van der Waals surface area contributed by atoms with Gasteiger partial charge in [0.05, 0.1) is 16.9 Å². The second kappa shape index (κ2) is 9.27. The van der Waals surface area contributed by atoms with Crippen molar-refractivity contribution >= 4 is 15.9 Å². The van der Waals surface area contributed by atoms with E-state index >= 15 is 0 Å². The van der Waals surface area contributed by atoms with Gasteiger partial charge in [-0.25, -0.2) is 12.8 Å². The van der Waals surface area contributed by atoms with Crippen LogP contribution in [0.25, 0.3) is 0 Å². The van der Waals surface area contributed by atoms with Gasteiger partial charge in [0.25, 0.3) is 0 Å². The number of piperidine rings is 1. The van der Waals surface area contributed by atoms with Gasteiger partial charge in [0, 0.05) is 13.1 Å². The van der Waals surface area contributed by atoms with E-state index in [-0.39, 0.29) is 23.4 Å². The van der Waals surface area contributed by atoms with E-state index in [1.54, 1.807) is 0 Å². The Morgan fingerprint density at radius 2 is 1.90 bits per heavy atom. The fourth-order valence-electron chi connectivity index (χ4n) is 4.04. The molecule has 1 amide bonds. The first-order valence-electron chi connectivity index (χ1n) is 10.4. The van der Waals surface area contributed by atoms with Crippen molar-refractivity contribution in [2.24, 2.45) is 5.92 Å². The third-order valence-corrected chi connectivity index (χ3v) is 7.61. The fraction of sp³-hybridized carbons (Fsp3) is 0.435. The molecule has 1 saturated heterocycles. The number of benzene rings is 2. The number of hydrogen-bond donors (Lipinski definition) is 1. The monoisotopic (exact) mass is 432 g/mol. The third kappa shape index (κ3) is 4.90. The van der Waals surface area contributed by atoms with E-state index in [0.29, 0.717) is 19.4 Å². The van der Waals surface area contributed by atoms with Crippen LogP contribution in [0.2, 0.25) is 0 Å². The number of carbonyl (C=O) groups is 1. The van der Waals surface area contributed by atoms with E-state index in [9.17, 15) is 17.6 Å². The molecule has 0 radical (unpaired) electrons. The van der Waals surface area contributed by atoms with Crippen molar-refractivity contribution < 1.29 is 17.6 Å². The number of aryl methyl sites for hydroxylation is 2. The number of rotatable bonds is 6. The molecule has 30 heavy (non-hydrogen) atoms. The van der Waals surface area contributed by atoms with Gasteiger partial charge >= 0.3 is 0 Å². The summed E-state index contributed by atoms with van der Waals surface area (Å²) in [6, 6.07) is 10.9. The first-order valence-corrected chi connectivity index (χ1v) is 11.8. The van der Waals surface area contributed by atoms with Gasteiger partial charge in [-0.15, -0.1) is 0 Å². The zero-order valence-electron chi connectivity index (χ0n) is 17.7. The standard InChI is InChI=1S/C23H29FN2O3S/c1-4-22(21-12-7-16(2)14-17(21)3)25-23(27)18-6-5-13-26(15-18)30(28,29)20-10-8-19(24)9-11-20/h7-12,14,18,22H,4-6,13,15H2,1-3H3,(H,25,27)/t18-,22-/m1/s1. The predicted molar refractivity (Wildman–Crippen MR) is 115 cm³/mol. The van der Waals surface area contributed by atoms with E-state index in [0.717, 1.165) is 29.7 Å². The molecule has 0 spiro atoms. The number of hydrogen-bond acceptors (Lipinski definition) is 3. The Labute approximate surface area is 178 Å². The van der Waals surface area contributed by atoms with Gasteiger partial charge in [0.2, 0.25) is 15.9 Å². The second-order valence-electron chi connectivity index (χ2n) is 7.99. The minimum Gasteiger partial charge on any atom is -0.349 e. The maximum absolute atomic E-state index is 13.2. The number of amides is 1. The van der Waals surface area contributed by atoms with Gasteiger partial charge in [0.15, 0.2) is 0 Å². The van der Waals surface area contributed by atoms with Gasteiger partial charge in [-0.05, 0) is 68.5 Å². The Morgan fingerprint density at radius 3 is 2.53 bits per heavy atom. The summed E-state index contributed by atoms with van der Waals surface area (Å²) in [5, 5.41) is 3.12. The van der Waals surface area contributed by atoms with Crippen LogP contribution in [-0.2, 0) is 14.8 Å². The summed E-state index contributed by atoms with van der Waals surface area (Å²) in [6.07, 6.45) is 2.00. The largest absolute Gasteiger partial charge is 0.349 e. The molecule has 3 rings (SSSR count). The SMILES string of the molecule is CC[C@@H](NC(=O)[C@@H]1CCCN(S(=O)(=O)c2ccc(F)cc2)C1)c1ccc(C)cc1C. The maximum atomic E-state index is 13.2. The van der Waals surface area contributed by atoms with Gasteiger partial charge < -0.3 is 5.32 Å². The number of nitrogens with zero attached hydrogens (tertiary/aromatic N) is 1.